The SMILES string of the molecule is CCNC(=NCCNS(=O)(=O)c1cccnc1)N(C)Cc1cccc(Cl)c1.I. The van der Waals surface area contributed by atoms with Crippen molar-refractivity contribution in [3.05, 3.63) is 59.4 Å². The van der Waals surface area contributed by atoms with E-state index >= 15 is 0 Å². The molecule has 0 aliphatic rings. The molecule has 0 saturated heterocycles. The number of nitrogens with one attached hydrogen (secondary N) is 2. The third kappa shape index (κ3) is 7.90. The van der Waals surface area contributed by atoms with Crippen molar-refractivity contribution in [2.75, 3.05) is 26.7 Å². The Morgan fingerprint density at radius 2 is 2.07 bits per heavy atom. The van der Waals surface area contributed by atoms with E-state index in [1.807, 2.05) is 43.1 Å². The largest absolute Gasteiger partial charge is 0.357 e. The fourth-order valence-electron chi connectivity index (χ4n) is 2.38. The van der Waals surface area contributed by atoms with Crippen LogP contribution < -0.4 is 10.0 Å². The molecule has 2 aromatic rings. The van der Waals surface area contributed by atoms with Gasteiger partial charge in [0.25, 0.3) is 0 Å². The first kappa shape index (κ1) is 24.6. The molecule has 1 aromatic carbocycles. The number of hydrogen-bond donors (Lipinski definition) is 2. The first-order chi connectivity index (χ1) is 12.9. The van der Waals surface area contributed by atoms with Crippen LogP contribution in [0.5, 0.6) is 0 Å². The maximum atomic E-state index is 12.2. The van der Waals surface area contributed by atoms with Crippen LogP contribution in [0.1, 0.15) is 12.5 Å². The van der Waals surface area contributed by atoms with Crippen LogP contribution in [0.15, 0.2) is 58.7 Å². The number of aliphatic imine (C=N–C) groups is 1. The molecule has 0 fully saturated rings. The topological polar surface area (TPSA) is 86.7 Å². The van der Waals surface area contributed by atoms with Crippen LogP contribution in [-0.4, -0.2) is 50.9 Å². The average molecular weight is 538 g/mol. The Kier molecular flexibility index (Phi) is 10.7. The first-order valence-electron chi connectivity index (χ1n) is 8.56. The molecule has 28 heavy (non-hydrogen) atoms. The highest BCUT2D eigenvalue weighted by molar-refractivity contribution is 14.0. The Morgan fingerprint density at radius 1 is 1.29 bits per heavy atom. The molecule has 0 unspecified atom stereocenters. The van der Waals surface area contributed by atoms with Crippen LogP contribution in [0.4, 0.5) is 0 Å². The van der Waals surface area contributed by atoms with E-state index in [9.17, 15) is 8.42 Å². The smallest absolute Gasteiger partial charge is 0.242 e. The Morgan fingerprint density at radius 3 is 2.71 bits per heavy atom. The van der Waals surface area contributed by atoms with Gasteiger partial charge in [-0.2, -0.15) is 0 Å². The number of nitrogens with zero attached hydrogens (tertiary/aromatic N) is 3. The van der Waals surface area contributed by atoms with Crippen LogP contribution in [0.2, 0.25) is 5.02 Å². The van der Waals surface area contributed by atoms with E-state index in [1.54, 1.807) is 6.07 Å². The Balaban J connectivity index is 0.00000392. The van der Waals surface area contributed by atoms with E-state index in [1.165, 1.54) is 18.5 Å². The number of pyridine rings is 1. The summed E-state index contributed by atoms with van der Waals surface area (Å²) in [4.78, 5) is 10.4. The fourth-order valence-corrected chi connectivity index (χ4v) is 3.58. The van der Waals surface area contributed by atoms with Crippen molar-refractivity contribution in [2.24, 2.45) is 4.99 Å². The summed E-state index contributed by atoms with van der Waals surface area (Å²) in [7, 11) is -1.66. The number of rotatable bonds is 8. The van der Waals surface area contributed by atoms with Crippen molar-refractivity contribution >= 4 is 51.6 Å². The van der Waals surface area contributed by atoms with Gasteiger partial charge in [-0.15, -0.1) is 24.0 Å². The molecule has 2 N–H and O–H groups in total. The van der Waals surface area contributed by atoms with Gasteiger partial charge in [0.15, 0.2) is 5.96 Å². The van der Waals surface area contributed by atoms with E-state index in [0.29, 0.717) is 30.6 Å². The third-order valence-electron chi connectivity index (χ3n) is 3.62. The van der Waals surface area contributed by atoms with E-state index < -0.39 is 10.0 Å². The molecular formula is C18H25ClIN5O2S. The predicted octanol–water partition coefficient (Wildman–Crippen LogP) is 2.73. The molecule has 0 radical (unpaired) electrons. The number of guanidine groups is 1. The number of hydrogen-bond acceptors (Lipinski definition) is 4. The summed E-state index contributed by atoms with van der Waals surface area (Å²) >= 11 is 6.03. The molecule has 7 nitrogen and oxygen atoms in total. The van der Waals surface area contributed by atoms with E-state index in [2.05, 4.69) is 20.0 Å². The van der Waals surface area contributed by atoms with Crippen molar-refractivity contribution in [2.45, 2.75) is 18.4 Å². The molecule has 0 bridgehead atoms. The maximum Gasteiger partial charge on any atom is 0.242 e. The zero-order chi connectivity index (χ0) is 19.7. The van der Waals surface area contributed by atoms with Gasteiger partial charge >= 0.3 is 0 Å². The predicted molar refractivity (Wildman–Crippen MR) is 124 cm³/mol. The number of aromatic nitrogens is 1. The highest BCUT2D eigenvalue weighted by Crippen LogP contribution is 2.12. The molecule has 0 spiro atoms. The molecular weight excluding hydrogens is 513 g/mol. The lowest BCUT2D eigenvalue weighted by Gasteiger charge is -2.22. The van der Waals surface area contributed by atoms with Gasteiger partial charge in [-0.3, -0.25) is 9.98 Å². The summed E-state index contributed by atoms with van der Waals surface area (Å²) < 4.78 is 26.9. The van der Waals surface area contributed by atoms with Crippen LogP contribution in [0, 0.1) is 0 Å². The summed E-state index contributed by atoms with van der Waals surface area (Å²) in [5.74, 6) is 0.693. The standard InChI is InChI=1S/C18H24ClN5O2S.HI/c1-3-21-18(24(2)14-15-6-4-7-16(19)12-15)22-10-11-23-27(25,26)17-8-5-9-20-13-17;/h4-9,12-13,23H,3,10-11,14H2,1-2H3,(H,21,22);1H. The quantitative estimate of drug-likeness (QED) is 0.234. The molecule has 0 amide bonds. The third-order valence-corrected chi connectivity index (χ3v) is 5.30. The van der Waals surface area contributed by atoms with Crippen LogP contribution >= 0.6 is 35.6 Å². The maximum absolute atomic E-state index is 12.2. The number of halogens is 2. The molecule has 0 atom stereocenters. The second-order valence-electron chi connectivity index (χ2n) is 5.81. The van der Waals surface area contributed by atoms with Gasteiger partial charge < -0.3 is 10.2 Å². The lowest BCUT2D eigenvalue weighted by molar-refractivity contribution is 0.477. The van der Waals surface area contributed by atoms with Gasteiger partial charge in [0.1, 0.15) is 4.90 Å². The monoisotopic (exact) mass is 537 g/mol. The summed E-state index contributed by atoms with van der Waals surface area (Å²) in [6.45, 7) is 3.82. The van der Waals surface area contributed by atoms with Crippen molar-refractivity contribution in [3.8, 4) is 0 Å². The van der Waals surface area contributed by atoms with E-state index in [0.717, 1.165) is 5.56 Å². The molecule has 0 aliphatic carbocycles. The second kappa shape index (κ2) is 12.2. The normalized spacial score (nSPS) is 11.6. The molecule has 154 valence electrons. The number of sulfonamides is 1. The molecule has 0 saturated carbocycles. The lowest BCUT2D eigenvalue weighted by Crippen LogP contribution is -2.39. The van der Waals surface area contributed by atoms with Gasteiger partial charge in [-0.25, -0.2) is 13.1 Å². The average Bonchev–Trinajstić information content (AvgIpc) is 2.65. The second-order valence-corrected chi connectivity index (χ2v) is 8.01. The van der Waals surface area contributed by atoms with Crippen LogP contribution in [0.25, 0.3) is 0 Å². The van der Waals surface area contributed by atoms with Crippen molar-refractivity contribution < 1.29 is 8.42 Å². The minimum Gasteiger partial charge on any atom is -0.357 e. The molecule has 10 heteroatoms. The van der Waals surface area contributed by atoms with Crippen LogP contribution in [0.3, 0.4) is 0 Å². The van der Waals surface area contributed by atoms with Crippen molar-refractivity contribution in [1.29, 1.82) is 0 Å². The van der Waals surface area contributed by atoms with Crippen molar-refractivity contribution in [1.82, 2.24) is 19.9 Å². The van der Waals surface area contributed by atoms with E-state index in [4.69, 9.17) is 11.6 Å². The minimum atomic E-state index is -3.57. The van der Waals surface area contributed by atoms with Gasteiger partial charge in [0.2, 0.25) is 10.0 Å². The van der Waals surface area contributed by atoms with Gasteiger partial charge in [-0.1, -0.05) is 23.7 Å². The summed E-state index contributed by atoms with van der Waals surface area (Å²) in [5.41, 5.74) is 1.06. The fraction of sp³-hybridized carbons (Fsp3) is 0.333. The highest BCUT2D eigenvalue weighted by atomic mass is 127. The summed E-state index contributed by atoms with van der Waals surface area (Å²) in [5, 5.41) is 3.89. The highest BCUT2D eigenvalue weighted by Gasteiger charge is 2.13. The summed E-state index contributed by atoms with van der Waals surface area (Å²) in [6, 6.07) is 10.7. The van der Waals surface area contributed by atoms with Crippen molar-refractivity contribution in [3.63, 3.8) is 0 Å². The zero-order valence-corrected chi connectivity index (χ0v) is 19.7. The van der Waals surface area contributed by atoms with Gasteiger partial charge in [-0.05, 0) is 36.8 Å². The lowest BCUT2D eigenvalue weighted by atomic mass is 10.2. The molecule has 1 heterocycles. The van der Waals surface area contributed by atoms with Crippen LogP contribution in [-0.2, 0) is 16.6 Å². The molecule has 2 rings (SSSR count). The Hall–Kier alpha value is -1.43. The first-order valence-corrected chi connectivity index (χ1v) is 10.4. The Labute approximate surface area is 188 Å². The van der Waals surface area contributed by atoms with E-state index in [-0.39, 0.29) is 35.4 Å². The number of benzene rings is 1. The zero-order valence-electron chi connectivity index (χ0n) is 15.8. The van der Waals surface area contributed by atoms with Gasteiger partial charge in [0.05, 0.1) is 6.54 Å². The molecule has 0 aliphatic heterocycles. The summed E-state index contributed by atoms with van der Waals surface area (Å²) in [6.07, 6.45) is 2.84. The molecule has 1 aromatic heterocycles. The Bertz CT molecular complexity index is 865. The minimum absolute atomic E-state index is 0. The van der Waals surface area contributed by atoms with Gasteiger partial charge in [0, 0.05) is 44.1 Å².